The first-order valence-corrected chi connectivity index (χ1v) is 12.5. The minimum absolute atomic E-state index is 0.0299. The number of methoxy groups -OCH3 is 1. The molecule has 1 aliphatic heterocycles. The molecule has 1 aromatic carbocycles. The van der Waals surface area contributed by atoms with E-state index in [-0.39, 0.29) is 47.0 Å². The molecule has 0 aliphatic carbocycles. The minimum atomic E-state index is -1.53. The molecule has 13 nitrogen and oxygen atoms in total. The molecule has 41 heavy (non-hydrogen) atoms. The number of carbonyl (C=O) groups is 1. The molecule has 1 saturated heterocycles. The SMILES string of the molecule is C#CCO/N=C(\C)c1c(O)c2ccc(OC3O[C@@](C)(CC)[C@H](OC)[C@@H](OC(=O)NOCC#C)[C@H]3O)c(C)c2oc1=O. The van der Waals surface area contributed by atoms with Crippen molar-refractivity contribution in [3.05, 3.63) is 33.7 Å². The molecule has 5 atom stereocenters. The number of nitrogens with zero attached hydrogens (tertiary/aromatic N) is 1. The van der Waals surface area contributed by atoms with Crippen molar-refractivity contribution in [1.29, 1.82) is 0 Å². The number of oxime groups is 1. The van der Waals surface area contributed by atoms with Gasteiger partial charge in [0.25, 0.3) is 0 Å². The van der Waals surface area contributed by atoms with Gasteiger partial charge in [0, 0.05) is 12.7 Å². The van der Waals surface area contributed by atoms with E-state index in [1.165, 1.54) is 26.2 Å². The molecule has 0 bridgehead atoms. The van der Waals surface area contributed by atoms with Gasteiger partial charge in [0.1, 0.15) is 35.4 Å². The second-order valence-corrected chi connectivity index (χ2v) is 9.21. The maximum Gasteiger partial charge on any atom is 0.431 e. The van der Waals surface area contributed by atoms with E-state index >= 15 is 0 Å². The Labute approximate surface area is 236 Å². The van der Waals surface area contributed by atoms with E-state index in [9.17, 15) is 19.8 Å². The minimum Gasteiger partial charge on any atom is -0.506 e. The highest BCUT2D eigenvalue weighted by molar-refractivity contribution is 6.04. The Balaban J connectivity index is 1.96. The highest BCUT2D eigenvalue weighted by Crippen LogP contribution is 2.39. The molecule has 2 heterocycles. The summed E-state index contributed by atoms with van der Waals surface area (Å²) in [7, 11) is 1.39. The number of nitrogens with one attached hydrogen (secondary N) is 1. The first kappa shape index (κ1) is 31.3. The lowest BCUT2D eigenvalue weighted by Crippen LogP contribution is -2.66. The third-order valence-corrected chi connectivity index (χ3v) is 6.61. The van der Waals surface area contributed by atoms with Crippen molar-refractivity contribution in [3.8, 4) is 36.2 Å². The topological polar surface area (TPSA) is 168 Å². The quantitative estimate of drug-likeness (QED) is 0.125. The number of benzene rings is 1. The number of terminal acetylenes is 2. The molecular formula is C28H32N2O11. The number of aliphatic hydroxyl groups excluding tert-OH is 1. The summed E-state index contributed by atoms with van der Waals surface area (Å²) in [6.07, 6.45) is 4.59. The van der Waals surface area contributed by atoms with Gasteiger partial charge in [-0.1, -0.05) is 23.9 Å². The van der Waals surface area contributed by atoms with Gasteiger partial charge >= 0.3 is 11.7 Å². The van der Waals surface area contributed by atoms with Crippen LogP contribution in [0.1, 0.15) is 38.3 Å². The number of hydroxylamine groups is 1. The average Bonchev–Trinajstić information content (AvgIpc) is 2.93. The summed E-state index contributed by atoms with van der Waals surface area (Å²) in [4.78, 5) is 34.8. The third-order valence-electron chi connectivity index (χ3n) is 6.61. The van der Waals surface area contributed by atoms with E-state index < -0.39 is 41.9 Å². The number of aliphatic hydroxyl groups is 1. The number of hydrogen-bond acceptors (Lipinski definition) is 12. The van der Waals surface area contributed by atoms with E-state index in [0.717, 1.165) is 0 Å². The zero-order valence-electron chi connectivity index (χ0n) is 23.3. The molecule has 1 unspecified atom stereocenters. The van der Waals surface area contributed by atoms with Gasteiger partial charge in [0.15, 0.2) is 18.8 Å². The molecular weight excluding hydrogens is 540 g/mol. The summed E-state index contributed by atoms with van der Waals surface area (Å²) < 4.78 is 28.6. The van der Waals surface area contributed by atoms with Crippen LogP contribution in [0.15, 0.2) is 26.5 Å². The van der Waals surface area contributed by atoms with Gasteiger partial charge in [-0.2, -0.15) is 5.48 Å². The van der Waals surface area contributed by atoms with Gasteiger partial charge in [-0.15, -0.1) is 12.8 Å². The van der Waals surface area contributed by atoms with E-state index in [2.05, 4.69) is 17.0 Å². The highest BCUT2D eigenvalue weighted by Gasteiger charge is 2.54. The van der Waals surface area contributed by atoms with Crippen LogP contribution < -0.4 is 15.8 Å². The molecule has 2 aromatic rings. The van der Waals surface area contributed by atoms with Gasteiger partial charge in [0.2, 0.25) is 6.29 Å². The van der Waals surface area contributed by atoms with Crippen LogP contribution in [-0.4, -0.2) is 72.5 Å². The second kappa shape index (κ2) is 13.4. The van der Waals surface area contributed by atoms with E-state index in [1.54, 1.807) is 13.8 Å². The number of hydrogen-bond donors (Lipinski definition) is 3. The van der Waals surface area contributed by atoms with Gasteiger partial charge in [-0.05, 0) is 39.3 Å². The number of carbonyl (C=O) groups excluding carboxylic acids is 1. The fourth-order valence-electron chi connectivity index (χ4n) is 4.41. The Kier molecular flexibility index (Phi) is 10.2. The summed E-state index contributed by atoms with van der Waals surface area (Å²) >= 11 is 0. The lowest BCUT2D eigenvalue weighted by Gasteiger charge is -2.48. The summed E-state index contributed by atoms with van der Waals surface area (Å²) in [5.41, 5.74) is 0.318. The monoisotopic (exact) mass is 572 g/mol. The van der Waals surface area contributed by atoms with Crippen molar-refractivity contribution in [3.63, 3.8) is 0 Å². The van der Waals surface area contributed by atoms with Crippen LogP contribution in [0.3, 0.4) is 0 Å². The fraction of sp³-hybridized carbons (Fsp3) is 0.464. The van der Waals surface area contributed by atoms with E-state index in [0.29, 0.717) is 12.0 Å². The maximum atomic E-state index is 12.8. The lowest BCUT2D eigenvalue weighted by molar-refractivity contribution is -0.311. The van der Waals surface area contributed by atoms with Crippen LogP contribution in [0.2, 0.25) is 0 Å². The first-order chi connectivity index (χ1) is 19.5. The van der Waals surface area contributed by atoms with Gasteiger partial charge in [-0.3, -0.25) is 4.84 Å². The molecule has 1 aliphatic rings. The smallest absolute Gasteiger partial charge is 0.431 e. The molecule has 1 aromatic heterocycles. The van der Waals surface area contributed by atoms with Crippen molar-refractivity contribution in [2.24, 2.45) is 5.16 Å². The van der Waals surface area contributed by atoms with Gasteiger partial charge in [-0.25, -0.2) is 9.59 Å². The van der Waals surface area contributed by atoms with Gasteiger partial charge < -0.3 is 38.4 Å². The Morgan fingerprint density at radius 1 is 1.27 bits per heavy atom. The molecule has 1 fully saturated rings. The summed E-state index contributed by atoms with van der Waals surface area (Å²) in [6, 6.07) is 2.96. The standard InChI is InChI=1S/C28H32N2O11/c1-8-13-36-29-16(5)19-20(31)17-11-12-18(15(4)22(17)39-25(19)33)38-26-21(32)23(40-27(34)30-37-14-9-2)24(35-7)28(6,10-3)41-26/h1-2,11-12,21,23-24,26,31-32H,10,13-14H2,3-7H3,(H,30,34)/b29-16+/t21-,23+,24-,26?,28+/m1/s1. The lowest BCUT2D eigenvalue weighted by atomic mass is 9.86. The van der Waals surface area contributed by atoms with Crippen LogP contribution >= 0.6 is 0 Å². The Morgan fingerprint density at radius 2 is 1.98 bits per heavy atom. The number of aromatic hydroxyl groups is 1. The third kappa shape index (κ3) is 6.56. The Hall–Kier alpha value is -4.27. The van der Waals surface area contributed by atoms with E-state index in [1.807, 2.05) is 12.4 Å². The van der Waals surface area contributed by atoms with Crippen LogP contribution in [0.25, 0.3) is 11.0 Å². The van der Waals surface area contributed by atoms with E-state index in [4.69, 9.17) is 45.9 Å². The van der Waals surface area contributed by atoms with Crippen molar-refractivity contribution in [2.45, 2.75) is 64.3 Å². The zero-order chi connectivity index (χ0) is 30.3. The average molecular weight is 573 g/mol. The van der Waals surface area contributed by atoms with Crippen molar-refractivity contribution in [1.82, 2.24) is 5.48 Å². The second-order valence-electron chi connectivity index (χ2n) is 9.21. The van der Waals surface area contributed by atoms with Crippen molar-refractivity contribution < 1.29 is 48.0 Å². The molecule has 0 spiro atoms. The molecule has 0 saturated carbocycles. The molecule has 3 rings (SSSR count). The number of ether oxygens (including phenoxy) is 4. The number of fused-ring (bicyclic) bond motifs is 1. The Morgan fingerprint density at radius 3 is 2.61 bits per heavy atom. The molecule has 1 amide bonds. The predicted octanol–water partition coefficient (Wildman–Crippen LogP) is 2.12. The Bertz CT molecular complexity index is 1440. The molecule has 0 radical (unpaired) electrons. The largest absolute Gasteiger partial charge is 0.506 e. The summed E-state index contributed by atoms with van der Waals surface area (Å²) in [5, 5.41) is 26.0. The molecule has 3 N–H and O–H groups in total. The van der Waals surface area contributed by atoms with Crippen molar-refractivity contribution >= 4 is 22.8 Å². The van der Waals surface area contributed by atoms with Gasteiger partial charge in [0.05, 0.1) is 16.7 Å². The van der Waals surface area contributed by atoms with Crippen LogP contribution in [0.5, 0.6) is 11.5 Å². The zero-order valence-corrected chi connectivity index (χ0v) is 23.3. The molecule has 220 valence electrons. The molecule has 13 heteroatoms. The normalized spacial score (nSPS) is 24.2. The first-order valence-electron chi connectivity index (χ1n) is 12.5. The summed E-state index contributed by atoms with van der Waals surface area (Å²) in [6.45, 7) is 6.27. The van der Waals surface area contributed by atoms with Crippen LogP contribution in [0, 0.1) is 31.6 Å². The van der Waals surface area contributed by atoms with Crippen LogP contribution in [-0.2, 0) is 23.9 Å². The number of amides is 1. The fourth-order valence-corrected chi connectivity index (χ4v) is 4.41. The number of rotatable bonds is 10. The van der Waals surface area contributed by atoms with Crippen molar-refractivity contribution in [2.75, 3.05) is 20.3 Å². The number of aryl methyl sites for hydroxylation is 1. The predicted molar refractivity (Wildman–Crippen MR) is 145 cm³/mol. The van der Waals surface area contributed by atoms with Crippen LogP contribution in [0.4, 0.5) is 4.79 Å². The highest BCUT2D eigenvalue weighted by atomic mass is 16.7. The summed E-state index contributed by atoms with van der Waals surface area (Å²) in [5.74, 6) is 4.21. The maximum absolute atomic E-state index is 12.8.